The highest BCUT2D eigenvalue weighted by Gasteiger charge is 2.12. The Balaban J connectivity index is 1.80. The second-order valence-electron chi connectivity index (χ2n) is 5.42. The van der Waals surface area contributed by atoms with Gasteiger partial charge in [0.25, 0.3) is 0 Å². The van der Waals surface area contributed by atoms with Crippen molar-refractivity contribution in [2.75, 3.05) is 7.11 Å². The SMILES string of the molecule is COc1ccc(CSc2nnnn2-c2ccc(C)cc2C)cc1Br. The molecule has 1 aromatic heterocycles. The Morgan fingerprint density at radius 2 is 2.00 bits per heavy atom. The second kappa shape index (κ2) is 7.36. The molecular formula is C17H17BrN4OS. The van der Waals surface area contributed by atoms with Gasteiger partial charge in [0.1, 0.15) is 5.75 Å². The summed E-state index contributed by atoms with van der Waals surface area (Å²) in [5.41, 5.74) is 4.55. The van der Waals surface area contributed by atoms with Gasteiger partial charge in [0, 0.05) is 5.75 Å². The number of aryl methyl sites for hydroxylation is 2. The molecule has 0 N–H and O–H groups in total. The standard InChI is InChI=1S/C17H17BrN4OS/c1-11-4-6-15(12(2)8-11)22-17(19-20-21-22)24-10-13-5-7-16(23-3)14(18)9-13/h4-9H,10H2,1-3H3. The van der Waals surface area contributed by atoms with E-state index in [1.165, 1.54) is 11.1 Å². The van der Waals surface area contributed by atoms with Crippen molar-refractivity contribution < 1.29 is 4.74 Å². The molecule has 0 unspecified atom stereocenters. The highest BCUT2D eigenvalue weighted by atomic mass is 79.9. The van der Waals surface area contributed by atoms with Gasteiger partial charge in [-0.3, -0.25) is 0 Å². The normalized spacial score (nSPS) is 10.8. The summed E-state index contributed by atoms with van der Waals surface area (Å²) in [7, 11) is 1.66. The quantitative estimate of drug-likeness (QED) is 0.591. The van der Waals surface area contributed by atoms with E-state index in [1.54, 1.807) is 23.6 Å². The van der Waals surface area contributed by atoms with Gasteiger partial charge in [-0.2, -0.15) is 4.68 Å². The van der Waals surface area contributed by atoms with Gasteiger partial charge < -0.3 is 4.74 Å². The van der Waals surface area contributed by atoms with Crippen LogP contribution in [0.1, 0.15) is 16.7 Å². The summed E-state index contributed by atoms with van der Waals surface area (Å²) in [6.07, 6.45) is 0. The topological polar surface area (TPSA) is 52.8 Å². The van der Waals surface area contributed by atoms with Crippen LogP contribution < -0.4 is 4.74 Å². The number of halogens is 1. The van der Waals surface area contributed by atoms with Crippen molar-refractivity contribution in [1.82, 2.24) is 20.2 Å². The van der Waals surface area contributed by atoms with Crippen molar-refractivity contribution in [2.24, 2.45) is 0 Å². The van der Waals surface area contributed by atoms with E-state index in [1.807, 2.05) is 12.1 Å². The molecule has 1 heterocycles. The van der Waals surface area contributed by atoms with Crippen LogP contribution in [0.25, 0.3) is 5.69 Å². The summed E-state index contributed by atoms with van der Waals surface area (Å²) in [5.74, 6) is 1.59. The van der Waals surface area contributed by atoms with E-state index in [0.717, 1.165) is 32.4 Å². The van der Waals surface area contributed by atoms with Crippen LogP contribution in [0.15, 0.2) is 46.0 Å². The number of ether oxygens (including phenoxy) is 1. The number of methoxy groups -OCH3 is 1. The largest absolute Gasteiger partial charge is 0.496 e. The fourth-order valence-corrected chi connectivity index (χ4v) is 3.83. The van der Waals surface area contributed by atoms with Crippen molar-refractivity contribution in [3.05, 3.63) is 57.6 Å². The first-order valence-electron chi connectivity index (χ1n) is 7.39. The molecule has 124 valence electrons. The molecule has 0 aliphatic carbocycles. The second-order valence-corrected chi connectivity index (χ2v) is 7.22. The van der Waals surface area contributed by atoms with Crippen LogP contribution >= 0.6 is 27.7 Å². The van der Waals surface area contributed by atoms with Gasteiger partial charge in [0.15, 0.2) is 0 Å². The number of hydrogen-bond donors (Lipinski definition) is 0. The highest BCUT2D eigenvalue weighted by Crippen LogP contribution is 2.29. The van der Waals surface area contributed by atoms with Crippen LogP contribution in [0.4, 0.5) is 0 Å². The lowest BCUT2D eigenvalue weighted by molar-refractivity contribution is 0.412. The van der Waals surface area contributed by atoms with Crippen LogP contribution in [0.2, 0.25) is 0 Å². The third-order valence-electron chi connectivity index (χ3n) is 3.61. The molecule has 2 aromatic carbocycles. The first kappa shape index (κ1) is 17.0. The van der Waals surface area contributed by atoms with E-state index < -0.39 is 0 Å². The number of aromatic nitrogens is 4. The van der Waals surface area contributed by atoms with E-state index in [0.29, 0.717) is 0 Å². The van der Waals surface area contributed by atoms with Gasteiger partial charge in [-0.15, -0.1) is 5.10 Å². The number of thioether (sulfide) groups is 1. The fraction of sp³-hybridized carbons (Fsp3) is 0.235. The third-order valence-corrected chi connectivity index (χ3v) is 5.22. The van der Waals surface area contributed by atoms with Gasteiger partial charge in [0.2, 0.25) is 5.16 Å². The molecule has 0 atom stereocenters. The van der Waals surface area contributed by atoms with E-state index in [4.69, 9.17) is 4.74 Å². The zero-order valence-electron chi connectivity index (χ0n) is 13.7. The van der Waals surface area contributed by atoms with Gasteiger partial charge in [-0.1, -0.05) is 35.5 Å². The molecule has 0 fully saturated rings. The van der Waals surface area contributed by atoms with Crippen molar-refractivity contribution in [3.8, 4) is 11.4 Å². The Labute approximate surface area is 153 Å². The Morgan fingerprint density at radius 1 is 1.17 bits per heavy atom. The molecule has 0 spiro atoms. The number of rotatable bonds is 5. The predicted molar refractivity (Wildman–Crippen MR) is 98.9 cm³/mol. The third kappa shape index (κ3) is 3.62. The lowest BCUT2D eigenvalue weighted by Crippen LogP contribution is -2.02. The van der Waals surface area contributed by atoms with Gasteiger partial charge in [0.05, 0.1) is 17.3 Å². The van der Waals surface area contributed by atoms with Crippen LogP contribution in [0, 0.1) is 13.8 Å². The molecule has 0 saturated carbocycles. The van der Waals surface area contributed by atoms with E-state index in [-0.39, 0.29) is 0 Å². The molecule has 7 heteroatoms. The van der Waals surface area contributed by atoms with Crippen LogP contribution in [-0.2, 0) is 5.75 Å². The summed E-state index contributed by atoms with van der Waals surface area (Å²) < 4.78 is 7.99. The zero-order valence-corrected chi connectivity index (χ0v) is 16.1. The van der Waals surface area contributed by atoms with E-state index >= 15 is 0 Å². The Hall–Kier alpha value is -1.86. The van der Waals surface area contributed by atoms with Crippen molar-refractivity contribution >= 4 is 27.7 Å². The molecule has 3 aromatic rings. The molecule has 0 bridgehead atoms. The molecule has 0 amide bonds. The van der Waals surface area contributed by atoms with E-state index in [2.05, 4.69) is 69.6 Å². The van der Waals surface area contributed by atoms with E-state index in [9.17, 15) is 0 Å². The minimum atomic E-state index is 0.772. The first-order chi connectivity index (χ1) is 11.6. The Kier molecular flexibility index (Phi) is 5.20. The van der Waals surface area contributed by atoms with Gasteiger partial charge >= 0.3 is 0 Å². The average Bonchev–Trinajstić information content (AvgIpc) is 3.01. The highest BCUT2D eigenvalue weighted by molar-refractivity contribution is 9.10. The first-order valence-corrected chi connectivity index (χ1v) is 9.17. The molecule has 0 aliphatic rings. The smallest absolute Gasteiger partial charge is 0.214 e. The van der Waals surface area contributed by atoms with Crippen molar-refractivity contribution in [2.45, 2.75) is 24.8 Å². The molecule has 24 heavy (non-hydrogen) atoms. The molecule has 3 rings (SSSR count). The summed E-state index contributed by atoms with van der Waals surface area (Å²) in [6.45, 7) is 4.15. The zero-order chi connectivity index (χ0) is 17.1. The Bertz CT molecular complexity index is 866. The molecule has 0 saturated heterocycles. The molecule has 0 aliphatic heterocycles. The fourth-order valence-electron chi connectivity index (χ4n) is 2.41. The number of tetrazole rings is 1. The maximum Gasteiger partial charge on any atom is 0.214 e. The number of benzene rings is 2. The van der Waals surface area contributed by atoms with Crippen molar-refractivity contribution in [3.63, 3.8) is 0 Å². The number of nitrogens with zero attached hydrogens (tertiary/aromatic N) is 4. The lowest BCUT2D eigenvalue weighted by atomic mass is 10.1. The maximum atomic E-state index is 5.26. The average molecular weight is 405 g/mol. The monoisotopic (exact) mass is 404 g/mol. The summed E-state index contributed by atoms with van der Waals surface area (Å²) in [5, 5.41) is 12.9. The molecule has 0 radical (unpaired) electrons. The Morgan fingerprint density at radius 3 is 2.71 bits per heavy atom. The predicted octanol–water partition coefficient (Wildman–Crippen LogP) is 4.34. The minimum absolute atomic E-state index is 0.772. The lowest BCUT2D eigenvalue weighted by Gasteiger charge is -2.09. The minimum Gasteiger partial charge on any atom is -0.496 e. The van der Waals surface area contributed by atoms with Crippen LogP contribution in [0.3, 0.4) is 0 Å². The number of hydrogen-bond acceptors (Lipinski definition) is 5. The van der Waals surface area contributed by atoms with Crippen molar-refractivity contribution in [1.29, 1.82) is 0 Å². The molecule has 5 nitrogen and oxygen atoms in total. The van der Waals surface area contributed by atoms with Crippen LogP contribution in [0.5, 0.6) is 5.75 Å². The van der Waals surface area contributed by atoms with Gasteiger partial charge in [-0.25, -0.2) is 0 Å². The van der Waals surface area contributed by atoms with Gasteiger partial charge in [-0.05, 0) is 69.5 Å². The summed E-state index contributed by atoms with van der Waals surface area (Å²) >= 11 is 5.12. The van der Waals surface area contributed by atoms with Crippen LogP contribution in [-0.4, -0.2) is 27.3 Å². The summed E-state index contributed by atoms with van der Waals surface area (Å²) in [4.78, 5) is 0. The maximum absolute atomic E-state index is 5.26. The summed E-state index contributed by atoms with van der Waals surface area (Å²) in [6, 6.07) is 12.3. The molecular weight excluding hydrogens is 388 g/mol.